The summed E-state index contributed by atoms with van der Waals surface area (Å²) in [4.78, 5) is 36.6. The molecule has 2 aromatic carbocycles. The second-order valence-corrected chi connectivity index (χ2v) is 6.76. The third kappa shape index (κ3) is 4.70. The number of halogens is 1. The average Bonchev–Trinajstić information content (AvgIpc) is 2.61. The Hall–Kier alpha value is -2.66. The van der Waals surface area contributed by atoms with Gasteiger partial charge in [-0.3, -0.25) is 9.59 Å². The summed E-state index contributed by atoms with van der Waals surface area (Å²) in [6.07, 6.45) is 0.658. The summed E-state index contributed by atoms with van der Waals surface area (Å²) >= 11 is 5.83. The minimum absolute atomic E-state index is 0.000154. The Balaban J connectivity index is 2.11. The molecule has 2 aromatic rings. The first-order valence-corrected chi connectivity index (χ1v) is 8.41. The van der Waals surface area contributed by atoms with Gasteiger partial charge in [-0.15, -0.1) is 0 Å². The van der Waals surface area contributed by atoms with E-state index in [1.54, 1.807) is 62.4 Å². The van der Waals surface area contributed by atoms with E-state index < -0.39 is 5.60 Å². The lowest BCUT2D eigenvalue weighted by Gasteiger charge is -2.29. The van der Waals surface area contributed by atoms with Crippen LogP contribution in [0.5, 0.6) is 5.75 Å². The molecule has 5 nitrogen and oxygen atoms in total. The van der Waals surface area contributed by atoms with Crippen LogP contribution in [-0.4, -0.2) is 42.1 Å². The largest absolute Gasteiger partial charge is 0.478 e. The van der Waals surface area contributed by atoms with Crippen LogP contribution in [0.3, 0.4) is 0 Å². The van der Waals surface area contributed by atoms with Gasteiger partial charge in [0.2, 0.25) is 0 Å². The maximum absolute atomic E-state index is 12.4. The van der Waals surface area contributed by atoms with Crippen molar-refractivity contribution < 1.29 is 19.1 Å². The first kappa shape index (κ1) is 19.7. The van der Waals surface area contributed by atoms with E-state index in [1.807, 2.05) is 0 Å². The van der Waals surface area contributed by atoms with E-state index in [-0.39, 0.29) is 18.2 Å². The zero-order chi connectivity index (χ0) is 19.3. The molecule has 0 saturated heterocycles. The highest BCUT2D eigenvalue weighted by Crippen LogP contribution is 2.22. The number of likely N-dealkylation sites (N-methyl/N-ethyl adjacent to an activating group) is 1. The number of ether oxygens (including phenoxy) is 1. The van der Waals surface area contributed by atoms with Gasteiger partial charge in [0, 0.05) is 23.2 Å². The normalized spacial score (nSPS) is 10.9. The number of hydrogen-bond acceptors (Lipinski definition) is 4. The van der Waals surface area contributed by atoms with Crippen molar-refractivity contribution in [3.05, 3.63) is 64.7 Å². The minimum Gasteiger partial charge on any atom is -0.478 e. The predicted octanol–water partition coefficient (Wildman–Crippen LogP) is 3.39. The van der Waals surface area contributed by atoms with Crippen LogP contribution in [0.25, 0.3) is 0 Å². The smallest absolute Gasteiger partial charge is 0.266 e. The molecule has 0 atom stereocenters. The van der Waals surface area contributed by atoms with Crippen molar-refractivity contribution in [3.8, 4) is 5.75 Å². The molecule has 0 radical (unpaired) electrons. The highest BCUT2D eigenvalue weighted by molar-refractivity contribution is 6.30. The van der Waals surface area contributed by atoms with Gasteiger partial charge in [-0.1, -0.05) is 11.6 Å². The van der Waals surface area contributed by atoms with Crippen LogP contribution in [-0.2, 0) is 9.59 Å². The molecule has 0 fully saturated rings. The van der Waals surface area contributed by atoms with Crippen LogP contribution >= 0.6 is 11.6 Å². The number of benzene rings is 2. The number of ketones is 1. The molecule has 0 aliphatic rings. The molecule has 0 N–H and O–H groups in total. The van der Waals surface area contributed by atoms with Gasteiger partial charge >= 0.3 is 0 Å². The summed E-state index contributed by atoms with van der Waals surface area (Å²) in [5, 5.41) is 0.566. The highest BCUT2D eigenvalue weighted by atomic mass is 35.5. The van der Waals surface area contributed by atoms with E-state index in [4.69, 9.17) is 16.3 Å². The van der Waals surface area contributed by atoms with Gasteiger partial charge in [-0.25, -0.2) is 0 Å². The molecule has 0 heterocycles. The van der Waals surface area contributed by atoms with Crippen LogP contribution in [0, 0.1) is 0 Å². The summed E-state index contributed by atoms with van der Waals surface area (Å²) in [5.41, 5.74) is -0.102. The van der Waals surface area contributed by atoms with Crippen molar-refractivity contribution >= 4 is 29.6 Å². The van der Waals surface area contributed by atoms with Crippen molar-refractivity contribution in [2.75, 3.05) is 13.6 Å². The molecule has 6 heteroatoms. The van der Waals surface area contributed by atoms with E-state index in [0.717, 1.165) is 0 Å². The van der Waals surface area contributed by atoms with Crippen LogP contribution in [0.2, 0.25) is 5.02 Å². The zero-order valence-corrected chi connectivity index (χ0v) is 15.6. The van der Waals surface area contributed by atoms with E-state index in [2.05, 4.69) is 0 Å². The fourth-order valence-electron chi connectivity index (χ4n) is 2.43. The Morgan fingerprint density at radius 2 is 1.54 bits per heavy atom. The van der Waals surface area contributed by atoms with Crippen LogP contribution < -0.4 is 4.74 Å². The Morgan fingerprint density at radius 3 is 2.04 bits per heavy atom. The Bertz CT molecular complexity index is 798. The molecule has 0 spiro atoms. The quantitative estimate of drug-likeness (QED) is 0.551. The van der Waals surface area contributed by atoms with Crippen LogP contribution in [0.15, 0.2) is 48.5 Å². The number of carbonyl (C=O) groups is 3. The second-order valence-electron chi connectivity index (χ2n) is 6.33. The van der Waals surface area contributed by atoms with Crippen LogP contribution in [0.4, 0.5) is 0 Å². The average molecular weight is 374 g/mol. The molecular weight excluding hydrogens is 354 g/mol. The summed E-state index contributed by atoms with van der Waals surface area (Å²) in [7, 11) is 1.54. The maximum Gasteiger partial charge on any atom is 0.266 e. The number of hydrogen-bond donors (Lipinski definition) is 0. The summed E-state index contributed by atoms with van der Waals surface area (Å²) in [6.45, 7) is 3.26. The molecule has 0 aliphatic carbocycles. The Labute approximate surface area is 157 Å². The van der Waals surface area contributed by atoms with E-state index >= 15 is 0 Å². The highest BCUT2D eigenvalue weighted by Gasteiger charge is 2.32. The number of carbonyl (C=O) groups excluding carboxylic acids is 3. The molecule has 0 aliphatic heterocycles. The van der Waals surface area contributed by atoms with E-state index in [1.165, 1.54) is 11.9 Å². The summed E-state index contributed by atoms with van der Waals surface area (Å²) < 4.78 is 5.75. The van der Waals surface area contributed by atoms with Crippen molar-refractivity contribution in [3.63, 3.8) is 0 Å². The summed E-state index contributed by atoms with van der Waals surface area (Å²) in [5.74, 6) is 0.00990. The van der Waals surface area contributed by atoms with Gasteiger partial charge in [-0.05, 0) is 62.4 Å². The predicted molar refractivity (Wildman–Crippen MR) is 99.7 cm³/mol. The molecule has 0 unspecified atom stereocenters. The van der Waals surface area contributed by atoms with Gasteiger partial charge in [0.15, 0.2) is 11.4 Å². The van der Waals surface area contributed by atoms with E-state index in [0.29, 0.717) is 28.2 Å². The number of amides is 1. The third-order valence-electron chi connectivity index (χ3n) is 3.81. The molecule has 1 amide bonds. The number of rotatable bonds is 7. The molecule has 136 valence electrons. The lowest BCUT2D eigenvalue weighted by Crippen LogP contribution is -2.47. The molecule has 26 heavy (non-hydrogen) atoms. The van der Waals surface area contributed by atoms with Gasteiger partial charge in [0.25, 0.3) is 5.91 Å². The lowest BCUT2D eigenvalue weighted by atomic mass is 10.0. The number of aldehydes is 1. The summed E-state index contributed by atoms with van der Waals surface area (Å²) in [6, 6.07) is 13.2. The first-order chi connectivity index (χ1) is 12.2. The first-order valence-electron chi connectivity index (χ1n) is 8.03. The zero-order valence-electron chi connectivity index (χ0n) is 14.9. The molecular formula is C20H20ClNO4. The fraction of sp³-hybridized carbons (Fsp3) is 0.250. The SMILES string of the molecule is CN(CC=O)C(=O)C(C)(C)Oc1ccc(C(=O)c2ccc(Cl)cc2)cc1. The minimum atomic E-state index is -1.14. The molecule has 0 aromatic heterocycles. The Morgan fingerprint density at radius 1 is 1.04 bits per heavy atom. The standard InChI is InChI=1S/C20H20ClNO4/c1-20(2,19(25)22(3)12-13-23)26-17-10-6-15(7-11-17)18(24)14-4-8-16(21)9-5-14/h4-11,13H,12H2,1-3H3. The fourth-order valence-corrected chi connectivity index (χ4v) is 2.56. The van der Waals surface area contributed by atoms with Crippen molar-refractivity contribution in [1.82, 2.24) is 4.90 Å². The molecule has 0 bridgehead atoms. The van der Waals surface area contributed by atoms with Gasteiger partial charge in [0.05, 0.1) is 6.54 Å². The molecule has 2 rings (SSSR count). The monoisotopic (exact) mass is 373 g/mol. The van der Waals surface area contributed by atoms with Crippen LogP contribution in [0.1, 0.15) is 29.8 Å². The lowest BCUT2D eigenvalue weighted by molar-refractivity contribution is -0.144. The topological polar surface area (TPSA) is 63.7 Å². The third-order valence-corrected chi connectivity index (χ3v) is 4.06. The molecule has 0 saturated carbocycles. The van der Waals surface area contributed by atoms with Gasteiger partial charge in [-0.2, -0.15) is 0 Å². The van der Waals surface area contributed by atoms with Crippen molar-refractivity contribution in [2.24, 2.45) is 0 Å². The van der Waals surface area contributed by atoms with Gasteiger partial charge < -0.3 is 14.4 Å². The van der Waals surface area contributed by atoms with E-state index in [9.17, 15) is 14.4 Å². The number of nitrogens with zero attached hydrogens (tertiary/aromatic N) is 1. The Kier molecular flexibility index (Phi) is 6.16. The maximum atomic E-state index is 12.4. The second kappa shape index (κ2) is 8.15. The van der Waals surface area contributed by atoms with Crippen molar-refractivity contribution in [1.29, 1.82) is 0 Å². The van der Waals surface area contributed by atoms with Gasteiger partial charge in [0.1, 0.15) is 12.0 Å². The van der Waals surface area contributed by atoms with Crippen molar-refractivity contribution in [2.45, 2.75) is 19.4 Å².